The predicted molar refractivity (Wildman–Crippen MR) is 50.3 cm³/mol. The highest BCUT2D eigenvalue weighted by molar-refractivity contribution is 5.86. The normalized spacial score (nSPS) is 9.62. The maximum atomic E-state index is 10.9. The SMILES string of the molecule is C=C(C)C(=O)OCCc1ccc[nH]1. The number of carbonyl (C=O) groups excluding carboxylic acids is 1. The Morgan fingerprint density at radius 3 is 3.00 bits per heavy atom. The number of ether oxygens (including phenoxy) is 1. The van der Waals surface area contributed by atoms with Crippen molar-refractivity contribution in [2.45, 2.75) is 13.3 Å². The van der Waals surface area contributed by atoms with Crippen LogP contribution in [0.15, 0.2) is 30.5 Å². The van der Waals surface area contributed by atoms with Gasteiger partial charge in [-0.2, -0.15) is 0 Å². The van der Waals surface area contributed by atoms with E-state index in [1.165, 1.54) is 0 Å². The zero-order valence-corrected chi connectivity index (χ0v) is 7.67. The Morgan fingerprint density at radius 2 is 2.46 bits per heavy atom. The molecular weight excluding hydrogens is 166 g/mol. The largest absolute Gasteiger partial charge is 0.462 e. The Labute approximate surface area is 77.4 Å². The molecule has 1 heterocycles. The van der Waals surface area contributed by atoms with E-state index in [2.05, 4.69) is 11.6 Å². The molecule has 0 fully saturated rings. The van der Waals surface area contributed by atoms with Crippen molar-refractivity contribution >= 4 is 5.97 Å². The van der Waals surface area contributed by atoms with Crippen LogP contribution in [-0.4, -0.2) is 17.6 Å². The first-order chi connectivity index (χ1) is 6.20. The van der Waals surface area contributed by atoms with Gasteiger partial charge in [-0.25, -0.2) is 4.79 Å². The van der Waals surface area contributed by atoms with E-state index in [1.54, 1.807) is 6.92 Å². The van der Waals surface area contributed by atoms with Gasteiger partial charge in [0, 0.05) is 23.9 Å². The van der Waals surface area contributed by atoms with Crippen molar-refractivity contribution in [1.82, 2.24) is 4.98 Å². The minimum atomic E-state index is -0.327. The molecule has 0 aliphatic heterocycles. The van der Waals surface area contributed by atoms with Crippen molar-refractivity contribution in [3.05, 3.63) is 36.2 Å². The van der Waals surface area contributed by atoms with Crippen LogP contribution >= 0.6 is 0 Å². The summed E-state index contributed by atoms with van der Waals surface area (Å²) in [6.07, 6.45) is 2.56. The van der Waals surface area contributed by atoms with Gasteiger partial charge in [0.05, 0.1) is 6.61 Å². The fourth-order valence-electron chi connectivity index (χ4n) is 0.900. The van der Waals surface area contributed by atoms with E-state index in [1.807, 2.05) is 18.3 Å². The van der Waals surface area contributed by atoms with Crippen molar-refractivity contribution in [3.8, 4) is 0 Å². The zero-order valence-electron chi connectivity index (χ0n) is 7.67. The van der Waals surface area contributed by atoms with Gasteiger partial charge in [-0.05, 0) is 19.1 Å². The number of rotatable bonds is 4. The lowest BCUT2D eigenvalue weighted by molar-refractivity contribution is -0.138. The van der Waals surface area contributed by atoms with E-state index >= 15 is 0 Å². The molecule has 1 rings (SSSR count). The van der Waals surface area contributed by atoms with Crippen LogP contribution in [0.1, 0.15) is 12.6 Å². The Kier molecular flexibility index (Phi) is 3.31. The van der Waals surface area contributed by atoms with Gasteiger partial charge in [0.15, 0.2) is 0 Å². The molecule has 13 heavy (non-hydrogen) atoms. The fraction of sp³-hybridized carbons (Fsp3) is 0.300. The molecule has 0 bridgehead atoms. The number of H-pyrrole nitrogens is 1. The molecule has 0 atom stereocenters. The first-order valence-electron chi connectivity index (χ1n) is 4.15. The molecule has 0 aliphatic rings. The highest BCUT2D eigenvalue weighted by Crippen LogP contribution is 1.98. The van der Waals surface area contributed by atoms with E-state index in [-0.39, 0.29) is 5.97 Å². The molecule has 3 nitrogen and oxygen atoms in total. The summed E-state index contributed by atoms with van der Waals surface area (Å²) < 4.78 is 4.92. The van der Waals surface area contributed by atoms with Crippen LogP contribution < -0.4 is 0 Å². The van der Waals surface area contributed by atoms with Crippen LogP contribution in [0.5, 0.6) is 0 Å². The Balaban J connectivity index is 2.22. The van der Waals surface area contributed by atoms with Gasteiger partial charge < -0.3 is 9.72 Å². The van der Waals surface area contributed by atoms with E-state index in [4.69, 9.17) is 4.74 Å². The van der Waals surface area contributed by atoms with Crippen LogP contribution in [0.2, 0.25) is 0 Å². The van der Waals surface area contributed by atoms with Gasteiger partial charge in [0.2, 0.25) is 0 Å². The molecular formula is C10H13NO2. The molecule has 70 valence electrons. The number of aromatic nitrogens is 1. The summed E-state index contributed by atoms with van der Waals surface area (Å²) in [5, 5.41) is 0. The summed E-state index contributed by atoms with van der Waals surface area (Å²) in [6.45, 7) is 5.52. The second-order valence-electron chi connectivity index (χ2n) is 2.86. The van der Waals surface area contributed by atoms with Gasteiger partial charge in [0.1, 0.15) is 0 Å². The van der Waals surface area contributed by atoms with E-state index in [0.717, 1.165) is 5.69 Å². The third-order valence-corrected chi connectivity index (χ3v) is 1.62. The molecule has 1 N–H and O–H groups in total. The smallest absolute Gasteiger partial charge is 0.333 e. The highest BCUT2D eigenvalue weighted by Gasteiger charge is 2.02. The fourth-order valence-corrected chi connectivity index (χ4v) is 0.900. The molecule has 0 aromatic carbocycles. The van der Waals surface area contributed by atoms with Crippen LogP contribution in [0.3, 0.4) is 0 Å². The summed E-state index contributed by atoms with van der Waals surface area (Å²) in [6, 6.07) is 3.87. The highest BCUT2D eigenvalue weighted by atomic mass is 16.5. The van der Waals surface area contributed by atoms with Crippen molar-refractivity contribution in [2.75, 3.05) is 6.61 Å². The molecule has 1 aromatic heterocycles. The number of esters is 1. The molecule has 0 saturated carbocycles. The Bertz CT molecular complexity index is 288. The third kappa shape index (κ3) is 3.15. The molecule has 3 heteroatoms. The van der Waals surface area contributed by atoms with Gasteiger partial charge in [-0.3, -0.25) is 0 Å². The van der Waals surface area contributed by atoms with Crippen molar-refractivity contribution in [3.63, 3.8) is 0 Å². The van der Waals surface area contributed by atoms with Crippen LogP contribution in [0.4, 0.5) is 0 Å². The third-order valence-electron chi connectivity index (χ3n) is 1.62. The van der Waals surface area contributed by atoms with Crippen molar-refractivity contribution in [2.24, 2.45) is 0 Å². The summed E-state index contributed by atoms with van der Waals surface area (Å²) >= 11 is 0. The maximum absolute atomic E-state index is 10.9. The average Bonchev–Trinajstić information content (AvgIpc) is 2.56. The van der Waals surface area contributed by atoms with Crippen molar-refractivity contribution < 1.29 is 9.53 Å². The lowest BCUT2D eigenvalue weighted by Gasteiger charge is -2.02. The van der Waals surface area contributed by atoms with Gasteiger partial charge >= 0.3 is 5.97 Å². The maximum Gasteiger partial charge on any atom is 0.333 e. The van der Waals surface area contributed by atoms with Crippen molar-refractivity contribution in [1.29, 1.82) is 0 Å². The zero-order chi connectivity index (χ0) is 9.68. The number of nitrogens with one attached hydrogen (secondary N) is 1. The molecule has 0 aliphatic carbocycles. The number of carbonyl (C=O) groups is 1. The van der Waals surface area contributed by atoms with Gasteiger partial charge in [0.25, 0.3) is 0 Å². The topological polar surface area (TPSA) is 42.1 Å². The van der Waals surface area contributed by atoms with Crippen LogP contribution in [0, 0.1) is 0 Å². The first-order valence-corrected chi connectivity index (χ1v) is 4.15. The standard InChI is InChI=1S/C10H13NO2/c1-8(2)10(12)13-7-5-9-4-3-6-11-9/h3-4,6,11H,1,5,7H2,2H3. The molecule has 0 amide bonds. The van der Waals surface area contributed by atoms with Gasteiger partial charge in [-0.1, -0.05) is 6.58 Å². The van der Waals surface area contributed by atoms with Crippen LogP contribution in [0.25, 0.3) is 0 Å². The predicted octanol–water partition coefficient (Wildman–Crippen LogP) is 1.68. The summed E-state index contributed by atoms with van der Waals surface area (Å²) in [7, 11) is 0. The molecule has 1 aromatic rings. The number of aromatic amines is 1. The summed E-state index contributed by atoms with van der Waals surface area (Å²) in [4.78, 5) is 14.0. The Morgan fingerprint density at radius 1 is 1.69 bits per heavy atom. The number of hydrogen-bond donors (Lipinski definition) is 1. The molecule has 0 spiro atoms. The monoisotopic (exact) mass is 179 g/mol. The lowest BCUT2D eigenvalue weighted by Crippen LogP contribution is -2.08. The van der Waals surface area contributed by atoms with E-state index in [0.29, 0.717) is 18.6 Å². The van der Waals surface area contributed by atoms with E-state index < -0.39 is 0 Å². The summed E-state index contributed by atoms with van der Waals surface area (Å²) in [5.74, 6) is -0.327. The number of hydrogen-bond acceptors (Lipinski definition) is 2. The lowest BCUT2D eigenvalue weighted by atomic mass is 10.3. The summed E-state index contributed by atoms with van der Waals surface area (Å²) in [5.41, 5.74) is 1.50. The Hall–Kier alpha value is -1.51. The van der Waals surface area contributed by atoms with Crippen LogP contribution in [-0.2, 0) is 16.0 Å². The van der Waals surface area contributed by atoms with E-state index in [9.17, 15) is 4.79 Å². The quantitative estimate of drug-likeness (QED) is 0.564. The molecule has 0 radical (unpaired) electrons. The second-order valence-corrected chi connectivity index (χ2v) is 2.86. The minimum Gasteiger partial charge on any atom is -0.462 e. The van der Waals surface area contributed by atoms with Gasteiger partial charge in [-0.15, -0.1) is 0 Å². The second kappa shape index (κ2) is 4.50. The minimum absolute atomic E-state index is 0.327. The average molecular weight is 179 g/mol. The first kappa shape index (κ1) is 9.58. The molecule has 0 unspecified atom stereocenters. The molecule has 0 saturated heterocycles.